The summed E-state index contributed by atoms with van der Waals surface area (Å²) in [6.07, 6.45) is 6.72. The summed E-state index contributed by atoms with van der Waals surface area (Å²) in [5, 5.41) is 0. The lowest BCUT2D eigenvalue weighted by Crippen LogP contribution is -2.31. The van der Waals surface area contributed by atoms with Gasteiger partial charge in [-0.2, -0.15) is 0 Å². The molecule has 0 unspecified atom stereocenters. The summed E-state index contributed by atoms with van der Waals surface area (Å²) in [6.45, 7) is 2.77. The summed E-state index contributed by atoms with van der Waals surface area (Å²) >= 11 is 6.55. The van der Waals surface area contributed by atoms with Crippen LogP contribution in [-0.4, -0.2) is 28.9 Å². The second kappa shape index (κ2) is 6.02. The highest BCUT2D eigenvalue weighted by Gasteiger charge is 2.14. The van der Waals surface area contributed by atoms with Crippen LogP contribution in [0, 0.1) is 12.3 Å². The number of carbonyl (C=O) groups excluding carboxylic acids is 1. The predicted molar refractivity (Wildman–Crippen MR) is 70.0 cm³/mol. The standard InChI is InChI=1S/C11H10Br2N2O/c1-3-5-15(4-2)11(16)8-6-9(12)10(13)14-7-8/h1,6-7H,4-5H2,2H3. The number of nitrogens with zero attached hydrogens (tertiary/aromatic N) is 2. The van der Waals surface area contributed by atoms with Gasteiger partial charge in [0.2, 0.25) is 0 Å². The summed E-state index contributed by atoms with van der Waals surface area (Å²) in [5.41, 5.74) is 0.521. The first kappa shape index (κ1) is 13.2. The fraction of sp³-hybridized carbons (Fsp3) is 0.273. The van der Waals surface area contributed by atoms with Crippen LogP contribution in [0.3, 0.4) is 0 Å². The topological polar surface area (TPSA) is 33.2 Å². The van der Waals surface area contributed by atoms with E-state index in [1.165, 1.54) is 6.20 Å². The normalized spacial score (nSPS) is 9.62. The lowest BCUT2D eigenvalue weighted by atomic mass is 10.2. The molecule has 1 aromatic rings. The molecule has 1 amide bonds. The number of halogens is 2. The molecule has 0 aromatic carbocycles. The van der Waals surface area contributed by atoms with E-state index in [0.717, 1.165) is 4.47 Å². The quantitative estimate of drug-likeness (QED) is 0.623. The first-order valence-corrected chi connectivity index (χ1v) is 6.22. The van der Waals surface area contributed by atoms with Gasteiger partial charge in [-0.3, -0.25) is 4.79 Å². The van der Waals surface area contributed by atoms with Crippen LogP contribution in [0.25, 0.3) is 0 Å². The molecule has 0 saturated carbocycles. The maximum absolute atomic E-state index is 12.0. The van der Waals surface area contributed by atoms with Crippen molar-refractivity contribution in [2.24, 2.45) is 0 Å². The molecule has 0 atom stereocenters. The van der Waals surface area contributed by atoms with Gasteiger partial charge in [-0.1, -0.05) is 5.92 Å². The molecule has 16 heavy (non-hydrogen) atoms. The molecule has 0 N–H and O–H groups in total. The van der Waals surface area contributed by atoms with Crippen molar-refractivity contribution in [2.75, 3.05) is 13.1 Å². The highest BCUT2D eigenvalue weighted by Crippen LogP contribution is 2.21. The van der Waals surface area contributed by atoms with Gasteiger partial charge in [0.05, 0.1) is 16.6 Å². The number of amides is 1. The summed E-state index contributed by atoms with van der Waals surface area (Å²) in [7, 11) is 0. The van der Waals surface area contributed by atoms with Crippen LogP contribution in [0.2, 0.25) is 0 Å². The molecule has 0 spiro atoms. The maximum Gasteiger partial charge on any atom is 0.256 e. The summed E-state index contributed by atoms with van der Waals surface area (Å²) in [6, 6.07) is 1.72. The molecule has 0 aliphatic carbocycles. The zero-order valence-corrected chi connectivity index (χ0v) is 11.9. The molecule has 0 aliphatic rings. The fourth-order valence-corrected chi connectivity index (χ4v) is 1.72. The van der Waals surface area contributed by atoms with Gasteiger partial charge in [0.15, 0.2) is 0 Å². The van der Waals surface area contributed by atoms with E-state index in [2.05, 4.69) is 42.8 Å². The SMILES string of the molecule is C#CCN(CC)C(=O)c1cnc(Br)c(Br)c1. The van der Waals surface area contributed by atoms with Gasteiger partial charge in [0, 0.05) is 12.7 Å². The van der Waals surface area contributed by atoms with E-state index in [9.17, 15) is 4.79 Å². The first-order chi connectivity index (χ1) is 7.60. The molecule has 1 heterocycles. The van der Waals surface area contributed by atoms with Crippen molar-refractivity contribution in [3.8, 4) is 12.3 Å². The minimum Gasteiger partial charge on any atom is -0.328 e. The zero-order valence-electron chi connectivity index (χ0n) is 8.70. The van der Waals surface area contributed by atoms with E-state index in [0.29, 0.717) is 23.3 Å². The number of aromatic nitrogens is 1. The molecule has 0 saturated heterocycles. The highest BCUT2D eigenvalue weighted by molar-refractivity contribution is 9.13. The van der Waals surface area contributed by atoms with Crippen LogP contribution in [0.15, 0.2) is 21.3 Å². The monoisotopic (exact) mass is 344 g/mol. The minimum absolute atomic E-state index is 0.110. The Morgan fingerprint density at radius 3 is 2.81 bits per heavy atom. The number of rotatable bonds is 3. The Labute approximate surface area is 111 Å². The number of terminal acetylenes is 1. The lowest BCUT2D eigenvalue weighted by Gasteiger charge is -2.17. The summed E-state index contributed by atoms with van der Waals surface area (Å²) in [4.78, 5) is 17.6. The number of pyridine rings is 1. The van der Waals surface area contributed by atoms with Crippen molar-refractivity contribution >= 4 is 37.8 Å². The average molecular weight is 346 g/mol. The lowest BCUT2D eigenvalue weighted by molar-refractivity contribution is 0.0784. The highest BCUT2D eigenvalue weighted by atomic mass is 79.9. The van der Waals surface area contributed by atoms with Gasteiger partial charge in [0.1, 0.15) is 4.60 Å². The van der Waals surface area contributed by atoms with Gasteiger partial charge >= 0.3 is 0 Å². The van der Waals surface area contributed by atoms with Crippen LogP contribution in [0.1, 0.15) is 17.3 Å². The van der Waals surface area contributed by atoms with Gasteiger partial charge in [-0.15, -0.1) is 6.42 Å². The van der Waals surface area contributed by atoms with Gasteiger partial charge < -0.3 is 4.90 Å². The van der Waals surface area contributed by atoms with E-state index in [-0.39, 0.29) is 5.91 Å². The van der Waals surface area contributed by atoms with Gasteiger partial charge in [-0.25, -0.2) is 4.98 Å². The minimum atomic E-state index is -0.110. The van der Waals surface area contributed by atoms with Crippen molar-refractivity contribution in [2.45, 2.75) is 6.92 Å². The van der Waals surface area contributed by atoms with E-state index < -0.39 is 0 Å². The molecule has 0 radical (unpaired) electrons. The Balaban J connectivity index is 2.95. The number of carbonyl (C=O) groups is 1. The third kappa shape index (κ3) is 3.06. The third-order valence-electron chi connectivity index (χ3n) is 1.99. The number of hydrogen-bond donors (Lipinski definition) is 0. The van der Waals surface area contributed by atoms with Crippen molar-refractivity contribution in [3.63, 3.8) is 0 Å². The molecule has 5 heteroatoms. The smallest absolute Gasteiger partial charge is 0.256 e. The fourth-order valence-electron chi connectivity index (χ4n) is 1.16. The Morgan fingerprint density at radius 1 is 1.62 bits per heavy atom. The molecule has 84 valence electrons. The van der Waals surface area contributed by atoms with E-state index in [4.69, 9.17) is 6.42 Å². The molecule has 1 aromatic heterocycles. The van der Waals surface area contributed by atoms with Crippen LogP contribution < -0.4 is 0 Å². The largest absolute Gasteiger partial charge is 0.328 e. The second-order valence-electron chi connectivity index (χ2n) is 3.02. The van der Waals surface area contributed by atoms with Crippen molar-refractivity contribution < 1.29 is 4.79 Å². The number of hydrogen-bond acceptors (Lipinski definition) is 2. The molecule has 1 rings (SSSR count). The van der Waals surface area contributed by atoms with Crippen molar-refractivity contribution in [3.05, 3.63) is 26.9 Å². The third-order valence-corrected chi connectivity index (χ3v) is 3.76. The molecule has 3 nitrogen and oxygen atoms in total. The summed E-state index contributed by atoms with van der Waals surface area (Å²) in [5.74, 6) is 2.35. The van der Waals surface area contributed by atoms with E-state index >= 15 is 0 Å². The van der Waals surface area contributed by atoms with Crippen LogP contribution in [0.5, 0.6) is 0 Å². The molecular weight excluding hydrogens is 336 g/mol. The summed E-state index contributed by atoms with van der Waals surface area (Å²) < 4.78 is 1.42. The Hall–Kier alpha value is -0.860. The predicted octanol–water partition coefficient (Wildman–Crippen LogP) is 2.70. The Morgan fingerprint density at radius 2 is 2.31 bits per heavy atom. The van der Waals surface area contributed by atoms with Crippen molar-refractivity contribution in [1.29, 1.82) is 0 Å². The van der Waals surface area contributed by atoms with Crippen LogP contribution >= 0.6 is 31.9 Å². The molecule has 0 aliphatic heterocycles. The second-order valence-corrected chi connectivity index (χ2v) is 4.63. The van der Waals surface area contributed by atoms with E-state index in [1.807, 2.05) is 6.92 Å². The van der Waals surface area contributed by atoms with Crippen molar-refractivity contribution in [1.82, 2.24) is 9.88 Å². The van der Waals surface area contributed by atoms with E-state index in [1.54, 1.807) is 11.0 Å². The molecule has 0 bridgehead atoms. The Kier molecular flexibility index (Phi) is 4.97. The maximum atomic E-state index is 12.0. The first-order valence-electron chi connectivity index (χ1n) is 4.64. The van der Waals surface area contributed by atoms with Gasteiger partial charge in [0.25, 0.3) is 5.91 Å². The molecule has 0 fully saturated rings. The average Bonchev–Trinajstić information content (AvgIpc) is 2.28. The zero-order chi connectivity index (χ0) is 12.1. The molecular formula is C11H10Br2N2O. The van der Waals surface area contributed by atoms with Gasteiger partial charge in [-0.05, 0) is 44.8 Å². The Bertz CT molecular complexity index is 440. The van der Waals surface area contributed by atoms with Crippen LogP contribution in [0.4, 0.5) is 0 Å². The van der Waals surface area contributed by atoms with Crippen LogP contribution in [-0.2, 0) is 0 Å².